The van der Waals surface area contributed by atoms with Crippen LogP contribution in [0.3, 0.4) is 0 Å². The van der Waals surface area contributed by atoms with Crippen molar-refractivity contribution in [3.8, 4) is 11.8 Å². The lowest BCUT2D eigenvalue weighted by molar-refractivity contribution is -0.115. The number of carbonyl (C=O) groups is 1. The molecule has 0 saturated carbocycles. The maximum Gasteiger partial charge on any atom is 0.322 e. The molecule has 1 amide bonds. The molecule has 1 aromatic carbocycles. The number of nitrogens with one attached hydrogen (secondary N) is 1. The monoisotopic (exact) mass is 230 g/mol. The van der Waals surface area contributed by atoms with E-state index in [0.717, 1.165) is 37.2 Å². The molecular formula is C13H14N2O2. The molecule has 0 atom stereocenters. The Morgan fingerprint density at radius 3 is 3.24 bits per heavy atom. The Hall–Kier alpha value is -2.02. The SMILES string of the molecule is N#CC(=O)NCCc1ccc2c(c1)CCCO2. The maximum absolute atomic E-state index is 10.7. The molecule has 0 radical (unpaired) electrons. The van der Waals surface area contributed by atoms with Crippen molar-refractivity contribution >= 4 is 5.91 Å². The second kappa shape index (κ2) is 5.35. The van der Waals surface area contributed by atoms with Crippen molar-refractivity contribution in [1.29, 1.82) is 5.26 Å². The van der Waals surface area contributed by atoms with Gasteiger partial charge in [0.2, 0.25) is 0 Å². The fourth-order valence-corrected chi connectivity index (χ4v) is 1.93. The van der Waals surface area contributed by atoms with Crippen molar-refractivity contribution in [2.45, 2.75) is 19.3 Å². The lowest BCUT2D eigenvalue weighted by Crippen LogP contribution is -2.23. The zero-order valence-electron chi connectivity index (χ0n) is 9.53. The first kappa shape index (κ1) is 11.5. The summed E-state index contributed by atoms with van der Waals surface area (Å²) in [5.41, 5.74) is 2.40. The third kappa shape index (κ3) is 2.97. The second-order valence-corrected chi connectivity index (χ2v) is 4.01. The fourth-order valence-electron chi connectivity index (χ4n) is 1.93. The second-order valence-electron chi connectivity index (χ2n) is 4.01. The van der Waals surface area contributed by atoms with Gasteiger partial charge >= 0.3 is 5.91 Å². The summed E-state index contributed by atoms with van der Waals surface area (Å²) in [6, 6.07) is 7.63. The molecular weight excluding hydrogens is 216 g/mol. The number of hydrogen-bond acceptors (Lipinski definition) is 3. The Morgan fingerprint density at radius 2 is 2.41 bits per heavy atom. The maximum atomic E-state index is 10.7. The number of nitrogens with zero attached hydrogens (tertiary/aromatic N) is 1. The van der Waals surface area contributed by atoms with E-state index in [-0.39, 0.29) is 0 Å². The molecule has 1 aliphatic rings. The lowest BCUT2D eigenvalue weighted by Gasteiger charge is -2.17. The minimum atomic E-state index is -0.578. The smallest absolute Gasteiger partial charge is 0.322 e. The predicted molar refractivity (Wildman–Crippen MR) is 62.6 cm³/mol. The van der Waals surface area contributed by atoms with Gasteiger partial charge in [-0.25, -0.2) is 0 Å². The molecule has 88 valence electrons. The normalized spacial score (nSPS) is 13.1. The minimum absolute atomic E-state index is 0.492. The highest BCUT2D eigenvalue weighted by Crippen LogP contribution is 2.25. The summed E-state index contributed by atoms with van der Waals surface area (Å²) in [5, 5.41) is 10.8. The van der Waals surface area contributed by atoms with E-state index in [1.807, 2.05) is 12.1 Å². The largest absolute Gasteiger partial charge is 0.493 e. The molecule has 0 fully saturated rings. The van der Waals surface area contributed by atoms with Crippen LogP contribution in [-0.4, -0.2) is 19.1 Å². The van der Waals surface area contributed by atoms with Crippen LogP contribution in [0, 0.1) is 11.3 Å². The Labute approximate surface area is 100 Å². The number of amides is 1. The molecule has 2 rings (SSSR count). The zero-order valence-corrected chi connectivity index (χ0v) is 9.53. The molecule has 4 nitrogen and oxygen atoms in total. The first-order chi connectivity index (χ1) is 8.29. The quantitative estimate of drug-likeness (QED) is 0.793. The summed E-state index contributed by atoms with van der Waals surface area (Å²) in [4.78, 5) is 10.7. The van der Waals surface area contributed by atoms with E-state index in [1.165, 1.54) is 11.6 Å². The number of aryl methyl sites for hydroxylation is 1. The van der Waals surface area contributed by atoms with Crippen molar-refractivity contribution < 1.29 is 9.53 Å². The van der Waals surface area contributed by atoms with Gasteiger partial charge in [0.15, 0.2) is 6.07 Å². The van der Waals surface area contributed by atoms with Crippen molar-refractivity contribution in [3.05, 3.63) is 29.3 Å². The van der Waals surface area contributed by atoms with Gasteiger partial charge in [0.25, 0.3) is 0 Å². The first-order valence-corrected chi connectivity index (χ1v) is 5.72. The predicted octanol–water partition coefficient (Wildman–Crippen LogP) is 1.19. The molecule has 4 heteroatoms. The summed E-state index contributed by atoms with van der Waals surface area (Å²) in [6.45, 7) is 1.29. The minimum Gasteiger partial charge on any atom is -0.493 e. The fraction of sp³-hybridized carbons (Fsp3) is 0.385. The molecule has 0 unspecified atom stereocenters. The summed E-state index contributed by atoms with van der Waals surface area (Å²) >= 11 is 0. The van der Waals surface area contributed by atoms with E-state index in [2.05, 4.69) is 11.4 Å². The Kier molecular flexibility index (Phi) is 3.61. The average Bonchev–Trinajstić information content (AvgIpc) is 2.38. The molecule has 1 aliphatic heterocycles. The van der Waals surface area contributed by atoms with Crippen molar-refractivity contribution in [2.24, 2.45) is 0 Å². The number of carbonyl (C=O) groups excluding carboxylic acids is 1. The van der Waals surface area contributed by atoms with Gasteiger partial charge < -0.3 is 10.1 Å². The number of benzene rings is 1. The van der Waals surface area contributed by atoms with Gasteiger partial charge in [0.05, 0.1) is 6.61 Å². The topological polar surface area (TPSA) is 62.1 Å². The third-order valence-electron chi connectivity index (χ3n) is 2.77. The van der Waals surface area contributed by atoms with Crippen molar-refractivity contribution in [2.75, 3.05) is 13.2 Å². The van der Waals surface area contributed by atoms with Crippen LogP contribution < -0.4 is 10.1 Å². The van der Waals surface area contributed by atoms with Crippen LogP contribution in [0.4, 0.5) is 0 Å². The molecule has 17 heavy (non-hydrogen) atoms. The number of nitriles is 1. The first-order valence-electron chi connectivity index (χ1n) is 5.72. The van der Waals surface area contributed by atoms with Gasteiger partial charge in [0.1, 0.15) is 5.75 Å². The molecule has 0 saturated heterocycles. The molecule has 0 spiro atoms. The summed E-state index contributed by atoms with van der Waals surface area (Å²) < 4.78 is 5.53. The van der Waals surface area contributed by atoms with Crippen LogP contribution in [0.1, 0.15) is 17.5 Å². The van der Waals surface area contributed by atoms with Crippen molar-refractivity contribution in [3.63, 3.8) is 0 Å². The molecule has 1 N–H and O–H groups in total. The van der Waals surface area contributed by atoms with Gasteiger partial charge in [0, 0.05) is 6.54 Å². The highest BCUT2D eigenvalue weighted by Gasteiger charge is 2.10. The van der Waals surface area contributed by atoms with Gasteiger partial charge in [-0.15, -0.1) is 0 Å². The van der Waals surface area contributed by atoms with Gasteiger partial charge in [-0.1, -0.05) is 12.1 Å². The Bertz CT molecular complexity index is 463. The highest BCUT2D eigenvalue weighted by molar-refractivity contribution is 5.91. The standard InChI is InChI=1S/C13H14N2O2/c14-9-13(16)15-6-5-10-3-4-12-11(8-10)2-1-7-17-12/h3-4,8H,1-2,5-7H2,(H,15,16). The average molecular weight is 230 g/mol. The van der Waals surface area contributed by atoms with Crippen LogP contribution in [0.5, 0.6) is 5.75 Å². The van der Waals surface area contributed by atoms with E-state index in [0.29, 0.717) is 6.54 Å². The number of fused-ring (bicyclic) bond motifs is 1. The van der Waals surface area contributed by atoms with E-state index in [9.17, 15) is 4.79 Å². The van der Waals surface area contributed by atoms with E-state index >= 15 is 0 Å². The summed E-state index contributed by atoms with van der Waals surface area (Å²) in [6.07, 6.45) is 2.84. The number of hydrogen-bond donors (Lipinski definition) is 1. The van der Waals surface area contributed by atoms with Gasteiger partial charge in [-0.3, -0.25) is 4.79 Å². The van der Waals surface area contributed by atoms with Gasteiger partial charge in [-0.05, 0) is 36.5 Å². The summed E-state index contributed by atoms with van der Waals surface area (Å²) in [5.74, 6) is 0.396. The van der Waals surface area contributed by atoms with Crippen LogP contribution in [0.25, 0.3) is 0 Å². The number of rotatable bonds is 3. The molecule has 1 aromatic rings. The van der Waals surface area contributed by atoms with E-state index in [4.69, 9.17) is 10.00 Å². The summed E-state index contributed by atoms with van der Waals surface area (Å²) in [7, 11) is 0. The van der Waals surface area contributed by atoms with Crippen LogP contribution in [0.2, 0.25) is 0 Å². The Morgan fingerprint density at radius 1 is 1.53 bits per heavy atom. The molecule has 0 aromatic heterocycles. The van der Waals surface area contributed by atoms with Crippen molar-refractivity contribution in [1.82, 2.24) is 5.32 Å². The van der Waals surface area contributed by atoms with Crippen LogP contribution >= 0.6 is 0 Å². The molecule has 0 bridgehead atoms. The van der Waals surface area contributed by atoms with Crippen LogP contribution in [0.15, 0.2) is 18.2 Å². The zero-order chi connectivity index (χ0) is 12.1. The van der Waals surface area contributed by atoms with Crippen LogP contribution in [-0.2, 0) is 17.6 Å². The van der Waals surface area contributed by atoms with E-state index < -0.39 is 5.91 Å². The van der Waals surface area contributed by atoms with Gasteiger partial charge in [-0.2, -0.15) is 5.26 Å². The third-order valence-corrected chi connectivity index (χ3v) is 2.77. The Balaban J connectivity index is 1.93. The molecule has 0 aliphatic carbocycles. The highest BCUT2D eigenvalue weighted by atomic mass is 16.5. The van der Waals surface area contributed by atoms with E-state index in [1.54, 1.807) is 0 Å². The number of ether oxygens (including phenoxy) is 1. The molecule has 1 heterocycles. The lowest BCUT2D eigenvalue weighted by atomic mass is 10.0.